The van der Waals surface area contributed by atoms with Crippen molar-refractivity contribution in [3.05, 3.63) is 58.0 Å². The molecule has 3 aromatic rings. The van der Waals surface area contributed by atoms with Crippen molar-refractivity contribution < 1.29 is 28.8 Å². The number of thioether (sulfide) groups is 1. The predicted octanol–water partition coefficient (Wildman–Crippen LogP) is -0.902. The molecule has 3 aromatic heterocycles. The smallest absolute Gasteiger partial charge is 0.276 e. The molecule has 1 fully saturated rings. The van der Waals surface area contributed by atoms with Crippen molar-refractivity contribution >= 4 is 57.2 Å². The summed E-state index contributed by atoms with van der Waals surface area (Å²) in [6.45, 7) is 1.96. The Balaban J connectivity index is 1.38. The first-order chi connectivity index (χ1) is 17.3. The monoisotopic (exact) mass is 527 g/mol. The lowest BCUT2D eigenvalue weighted by Crippen LogP contribution is -2.71. The maximum Gasteiger partial charge on any atom is 0.276 e. The number of rotatable bonds is 7. The lowest BCUT2D eigenvalue weighted by Gasteiger charge is -2.50. The first-order valence-corrected chi connectivity index (χ1v) is 12.7. The largest absolute Gasteiger partial charge is 0.543 e. The number of oxime groups is 1. The van der Waals surface area contributed by atoms with Crippen molar-refractivity contribution in [1.82, 2.24) is 20.3 Å². The van der Waals surface area contributed by atoms with Gasteiger partial charge in [-0.3, -0.25) is 14.5 Å². The van der Waals surface area contributed by atoms with Crippen molar-refractivity contribution in [2.24, 2.45) is 5.16 Å². The summed E-state index contributed by atoms with van der Waals surface area (Å²) in [6.07, 6.45) is 2.15. The first-order valence-electron chi connectivity index (χ1n) is 10.8. The van der Waals surface area contributed by atoms with E-state index in [1.165, 1.54) is 23.8 Å². The number of nitrogen functional groups attached to an aromatic ring is 1. The quantitative estimate of drug-likeness (QED) is 0.154. The lowest BCUT2D eigenvalue weighted by atomic mass is 9.99. The molecule has 36 heavy (non-hydrogen) atoms. The highest BCUT2D eigenvalue weighted by Crippen LogP contribution is 2.41. The van der Waals surface area contributed by atoms with Crippen molar-refractivity contribution in [1.29, 1.82) is 0 Å². The number of anilines is 1. The van der Waals surface area contributed by atoms with E-state index in [0.717, 1.165) is 28.1 Å². The molecule has 0 aliphatic carbocycles. The lowest BCUT2D eigenvalue weighted by molar-refractivity contribution is -0.583. The summed E-state index contributed by atoms with van der Waals surface area (Å²) in [5.41, 5.74) is 8.95. The van der Waals surface area contributed by atoms with Crippen LogP contribution in [0.2, 0.25) is 0 Å². The highest BCUT2D eigenvalue weighted by molar-refractivity contribution is 8.00. The van der Waals surface area contributed by atoms with Crippen LogP contribution < -0.4 is 20.7 Å². The molecule has 0 aromatic carbocycles. The molecular formula is C22H21N7O5S2. The molecule has 0 radical (unpaired) electrons. The fourth-order valence-electron chi connectivity index (χ4n) is 4.34. The van der Waals surface area contributed by atoms with Crippen molar-refractivity contribution in [2.75, 3.05) is 18.6 Å². The molecule has 0 bridgehead atoms. The number of carbonyl (C=O) groups excluding carboxylic acids is 3. The van der Waals surface area contributed by atoms with E-state index >= 15 is 0 Å². The standard InChI is InChI=1S/C22H21N7O5S2/c1-10-4-3-5-14-11(7-24-29(10)14)6-12-8-35-20-16(19(31)28(20)17(12)21(32)33)26-18(30)15(27-34-2)13-9-36-22(23)25-13/h3-5,7,9,16,20H,6,8H2,1-2H3,(H4,23,25,26,30,32,33)/b27-15-/t16-,20-/m1/s1. The van der Waals surface area contributed by atoms with Crippen LogP contribution in [-0.2, 0) is 25.6 Å². The molecule has 2 amide bonds. The number of aryl methyl sites for hydroxylation is 1. The Hall–Kier alpha value is -3.91. The molecule has 0 unspecified atom stereocenters. The van der Waals surface area contributed by atoms with E-state index in [9.17, 15) is 19.5 Å². The van der Waals surface area contributed by atoms with Gasteiger partial charge in [-0.25, -0.2) is 4.98 Å². The van der Waals surface area contributed by atoms with Gasteiger partial charge in [-0.2, -0.15) is 5.10 Å². The van der Waals surface area contributed by atoms with Gasteiger partial charge in [0.1, 0.15) is 24.2 Å². The number of pyridine rings is 1. The summed E-state index contributed by atoms with van der Waals surface area (Å²) in [4.78, 5) is 48.0. The highest BCUT2D eigenvalue weighted by atomic mass is 32.2. The minimum atomic E-state index is -1.43. The normalized spacial score (nSPS) is 19.8. The molecule has 5 heterocycles. The molecule has 12 nitrogen and oxygen atoms in total. The zero-order valence-corrected chi connectivity index (χ0v) is 20.8. The first kappa shape index (κ1) is 23.8. The van der Waals surface area contributed by atoms with Crippen LogP contribution in [-0.4, -0.2) is 62.8 Å². The number of fused-ring (bicyclic) bond motifs is 2. The van der Waals surface area contributed by atoms with Gasteiger partial charge in [-0.15, -0.1) is 23.1 Å². The minimum absolute atomic E-state index is 0.138. The number of carboxylic acid groups (broad SMARTS) is 1. The average Bonchev–Trinajstić information content (AvgIpc) is 3.47. The van der Waals surface area contributed by atoms with Crippen LogP contribution >= 0.6 is 23.1 Å². The van der Waals surface area contributed by atoms with Crippen LogP contribution in [0.4, 0.5) is 5.13 Å². The molecule has 1 saturated heterocycles. The molecular weight excluding hydrogens is 506 g/mol. The number of nitrogens with one attached hydrogen (secondary N) is 2. The topological polar surface area (TPSA) is 170 Å². The summed E-state index contributed by atoms with van der Waals surface area (Å²) in [5, 5.41) is 22.8. The van der Waals surface area contributed by atoms with Gasteiger partial charge in [0.25, 0.3) is 11.8 Å². The van der Waals surface area contributed by atoms with E-state index in [1.54, 1.807) is 5.38 Å². The fourth-order valence-corrected chi connectivity index (χ4v) is 6.23. The summed E-state index contributed by atoms with van der Waals surface area (Å²) in [7, 11) is 1.28. The van der Waals surface area contributed by atoms with E-state index in [4.69, 9.17) is 10.6 Å². The van der Waals surface area contributed by atoms with Crippen LogP contribution in [0.1, 0.15) is 17.0 Å². The Bertz CT molecular complexity index is 1460. The maximum atomic E-state index is 13.0. The Morgan fingerprint density at radius 3 is 2.94 bits per heavy atom. The number of amides is 2. The third-order valence-corrected chi connectivity index (χ3v) is 7.99. The van der Waals surface area contributed by atoms with Crippen LogP contribution in [0.5, 0.6) is 0 Å². The summed E-state index contributed by atoms with van der Waals surface area (Å²) in [6, 6.07) is 4.88. The Kier molecular flexibility index (Phi) is 6.14. The van der Waals surface area contributed by atoms with Gasteiger partial charge in [0.15, 0.2) is 10.8 Å². The molecule has 5 rings (SSSR count). The van der Waals surface area contributed by atoms with Crippen LogP contribution in [0, 0.1) is 6.92 Å². The molecule has 2 aliphatic heterocycles. The van der Waals surface area contributed by atoms with Crippen LogP contribution in [0.15, 0.2) is 46.2 Å². The van der Waals surface area contributed by atoms with Gasteiger partial charge in [0.05, 0.1) is 23.4 Å². The predicted molar refractivity (Wildman–Crippen MR) is 130 cm³/mol. The molecule has 2 aliphatic rings. The minimum Gasteiger partial charge on any atom is -0.543 e. The third-order valence-electron chi connectivity index (χ3n) is 5.98. The summed E-state index contributed by atoms with van der Waals surface area (Å²) in [5.74, 6) is -2.31. The van der Waals surface area contributed by atoms with E-state index in [1.807, 2.05) is 35.8 Å². The molecule has 0 spiro atoms. The average molecular weight is 528 g/mol. The van der Waals surface area contributed by atoms with Gasteiger partial charge in [0, 0.05) is 36.6 Å². The second-order valence-corrected chi connectivity index (χ2v) is 10.2. The number of nitrogens with two attached hydrogens (primary N) is 1. The highest BCUT2D eigenvalue weighted by Gasteiger charge is 2.53. The van der Waals surface area contributed by atoms with Crippen LogP contribution in [0.25, 0.3) is 5.52 Å². The number of hydrogen-bond donors (Lipinski definition) is 3. The number of aliphatic carboxylic acids is 1. The molecule has 2 atom stereocenters. The second-order valence-electron chi connectivity index (χ2n) is 8.16. The van der Waals surface area contributed by atoms with Gasteiger partial charge in [-0.1, -0.05) is 9.67 Å². The number of hydrogen-bond acceptors (Lipinski definition) is 10. The Morgan fingerprint density at radius 2 is 2.25 bits per heavy atom. The summed E-state index contributed by atoms with van der Waals surface area (Å²) >= 11 is 2.50. The molecule has 4 N–H and O–H groups in total. The number of aromatic nitrogens is 3. The number of aromatic amines is 1. The number of carboxylic acids is 1. The number of β-lactam (4-membered cyclic amide) rings is 1. The number of thiazole rings is 1. The Morgan fingerprint density at radius 1 is 1.44 bits per heavy atom. The van der Waals surface area contributed by atoms with Crippen molar-refractivity contribution in [3.8, 4) is 0 Å². The van der Waals surface area contributed by atoms with Gasteiger partial charge in [0.2, 0.25) is 11.2 Å². The number of carbonyl (C=O) groups is 3. The van der Waals surface area contributed by atoms with Gasteiger partial charge >= 0.3 is 0 Å². The maximum absolute atomic E-state index is 13.0. The molecule has 14 heteroatoms. The van der Waals surface area contributed by atoms with Crippen LogP contribution in [0.3, 0.4) is 0 Å². The molecule has 186 valence electrons. The zero-order chi connectivity index (χ0) is 25.6. The Labute approximate surface area is 212 Å². The summed E-state index contributed by atoms with van der Waals surface area (Å²) < 4.78 is 1.91. The van der Waals surface area contributed by atoms with Gasteiger partial charge in [-0.05, 0) is 11.6 Å². The van der Waals surface area contributed by atoms with Crippen molar-refractivity contribution in [3.63, 3.8) is 0 Å². The van der Waals surface area contributed by atoms with Crippen molar-refractivity contribution in [2.45, 2.75) is 24.8 Å². The SMILES string of the molecule is CO/N=C(\C(=O)N[C@@H]1C(=O)N2C(C(=O)[O-])=C(Cc3c[nH][n+]4c(C)cccc34)CS[C@H]12)c1csc(N)n1. The van der Waals surface area contributed by atoms with E-state index in [-0.39, 0.29) is 22.2 Å². The fraction of sp³-hybridized carbons (Fsp3) is 0.273. The van der Waals surface area contributed by atoms with E-state index < -0.39 is 29.2 Å². The van der Waals surface area contributed by atoms with E-state index in [2.05, 4.69) is 20.6 Å². The third kappa shape index (κ3) is 3.97. The van der Waals surface area contributed by atoms with E-state index in [0.29, 0.717) is 17.7 Å². The molecule has 0 saturated carbocycles. The number of nitrogens with zero attached hydrogens (tertiary/aromatic N) is 4. The zero-order valence-electron chi connectivity index (χ0n) is 19.2. The second kappa shape index (κ2) is 9.28. The van der Waals surface area contributed by atoms with Gasteiger partial charge < -0.3 is 25.8 Å². The number of H-pyrrole nitrogens is 1.